The van der Waals surface area contributed by atoms with E-state index in [0.29, 0.717) is 11.5 Å². The average molecular weight is 711 g/mol. The van der Waals surface area contributed by atoms with Crippen molar-refractivity contribution < 1.29 is 8.83 Å². The van der Waals surface area contributed by atoms with E-state index < -0.39 is 0 Å². The predicted molar refractivity (Wildman–Crippen MR) is 225 cm³/mol. The molecule has 254 valence electrons. The minimum absolute atomic E-state index is 0.597. The number of fused-ring (bicyclic) bond motifs is 7. The zero-order chi connectivity index (χ0) is 35.6. The van der Waals surface area contributed by atoms with Crippen LogP contribution in [0.5, 0.6) is 0 Å². The van der Waals surface area contributed by atoms with Crippen LogP contribution in [0.1, 0.15) is 0 Å². The zero-order valence-corrected chi connectivity index (χ0v) is 29.8. The van der Waals surface area contributed by atoms with E-state index in [1.165, 1.54) is 36.9 Å². The molecule has 11 rings (SSSR count). The van der Waals surface area contributed by atoms with Crippen molar-refractivity contribution in [2.24, 2.45) is 0 Å². The van der Waals surface area contributed by atoms with Crippen LogP contribution in [0.15, 0.2) is 191 Å². The minimum atomic E-state index is 0.597. The summed E-state index contributed by atoms with van der Waals surface area (Å²) in [5.41, 5.74) is 11.8. The Kier molecular flexibility index (Phi) is 7.00. The molecular formula is C49H30N2O2S. The second-order valence-corrected chi connectivity index (χ2v) is 14.6. The molecular weight excluding hydrogens is 681 g/mol. The molecule has 0 saturated carbocycles. The van der Waals surface area contributed by atoms with Crippen LogP contribution in [0.25, 0.3) is 86.9 Å². The Hall–Kier alpha value is -6.95. The topological polar surface area (TPSA) is 42.4 Å². The largest absolute Gasteiger partial charge is 0.454 e. The summed E-state index contributed by atoms with van der Waals surface area (Å²) in [6.45, 7) is 0. The summed E-state index contributed by atoms with van der Waals surface area (Å²) in [7, 11) is 0. The molecule has 0 aliphatic carbocycles. The molecule has 0 unspecified atom stereocenters. The van der Waals surface area contributed by atoms with Crippen molar-refractivity contribution in [3.05, 3.63) is 182 Å². The van der Waals surface area contributed by atoms with Gasteiger partial charge in [-0.2, -0.15) is 0 Å². The summed E-state index contributed by atoms with van der Waals surface area (Å²) in [5.74, 6) is 0.597. The lowest BCUT2D eigenvalue weighted by Gasteiger charge is -2.26. The maximum Gasteiger partial charge on any atom is 0.227 e. The molecule has 0 fully saturated rings. The molecule has 0 atom stereocenters. The van der Waals surface area contributed by atoms with E-state index in [1.54, 1.807) is 0 Å². The fraction of sp³-hybridized carbons (Fsp3) is 0. The number of para-hydroxylation sites is 1. The van der Waals surface area contributed by atoms with E-state index in [9.17, 15) is 0 Å². The van der Waals surface area contributed by atoms with E-state index in [0.717, 1.165) is 55.6 Å². The van der Waals surface area contributed by atoms with Gasteiger partial charge in [-0.15, -0.1) is 11.3 Å². The van der Waals surface area contributed by atoms with Crippen molar-refractivity contribution in [2.75, 3.05) is 4.90 Å². The van der Waals surface area contributed by atoms with Gasteiger partial charge in [0.15, 0.2) is 11.2 Å². The third kappa shape index (κ3) is 5.01. The van der Waals surface area contributed by atoms with Gasteiger partial charge in [0.1, 0.15) is 11.1 Å². The van der Waals surface area contributed by atoms with Gasteiger partial charge in [-0.25, -0.2) is 4.98 Å². The summed E-state index contributed by atoms with van der Waals surface area (Å²) in [5, 5.41) is 4.62. The van der Waals surface area contributed by atoms with E-state index in [2.05, 4.69) is 144 Å². The number of anilines is 3. The molecule has 0 bridgehead atoms. The maximum absolute atomic E-state index is 6.77. The first-order valence-corrected chi connectivity index (χ1v) is 18.8. The molecule has 0 saturated heterocycles. The highest BCUT2D eigenvalue weighted by Gasteiger charge is 2.21. The second-order valence-electron chi connectivity index (χ2n) is 13.5. The Labute approximate surface area is 314 Å². The Morgan fingerprint density at radius 2 is 1.07 bits per heavy atom. The number of hydrogen-bond acceptors (Lipinski definition) is 5. The van der Waals surface area contributed by atoms with Gasteiger partial charge in [0.25, 0.3) is 0 Å². The fourth-order valence-electron chi connectivity index (χ4n) is 7.75. The van der Waals surface area contributed by atoms with Crippen LogP contribution in [0.2, 0.25) is 0 Å². The van der Waals surface area contributed by atoms with Crippen LogP contribution in [0, 0.1) is 0 Å². The van der Waals surface area contributed by atoms with Gasteiger partial charge in [-0.05, 0) is 82.9 Å². The molecule has 5 heteroatoms. The molecule has 11 aromatic rings. The third-order valence-electron chi connectivity index (χ3n) is 10.3. The smallest absolute Gasteiger partial charge is 0.227 e. The number of aromatic nitrogens is 1. The van der Waals surface area contributed by atoms with Gasteiger partial charge in [-0.3, -0.25) is 0 Å². The summed E-state index contributed by atoms with van der Waals surface area (Å²) < 4.78 is 15.6. The lowest BCUT2D eigenvalue weighted by atomic mass is 9.99. The van der Waals surface area contributed by atoms with Crippen molar-refractivity contribution in [1.82, 2.24) is 4.98 Å². The Morgan fingerprint density at radius 3 is 1.85 bits per heavy atom. The highest BCUT2D eigenvalue weighted by atomic mass is 32.1. The summed E-state index contributed by atoms with van der Waals surface area (Å²) in [4.78, 5) is 7.14. The van der Waals surface area contributed by atoms with Gasteiger partial charge in [0.2, 0.25) is 5.89 Å². The number of thiophene rings is 1. The first-order valence-electron chi connectivity index (χ1n) is 18.0. The van der Waals surface area contributed by atoms with Gasteiger partial charge in [-0.1, -0.05) is 115 Å². The zero-order valence-electron chi connectivity index (χ0n) is 28.9. The third-order valence-corrected chi connectivity index (χ3v) is 11.5. The van der Waals surface area contributed by atoms with Crippen LogP contribution < -0.4 is 4.90 Å². The van der Waals surface area contributed by atoms with Crippen molar-refractivity contribution in [2.45, 2.75) is 0 Å². The minimum Gasteiger partial charge on any atom is -0.454 e. The first-order chi connectivity index (χ1) is 26.7. The number of furan rings is 1. The van der Waals surface area contributed by atoms with Crippen LogP contribution in [0.4, 0.5) is 17.1 Å². The number of rotatable bonds is 6. The Balaban J connectivity index is 1.06. The predicted octanol–water partition coefficient (Wildman–Crippen LogP) is 14.6. The SMILES string of the molecule is c1ccc(-c2ccc(N(c3ccc(-c4cccc5sc6ccccc6c45)cc3)c3cccc4c3oc3cc5oc(-c6ccccc6)nc5cc34)cc2)cc1. The Morgan fingerprint density at radius 1 is 0.444 bits per heavy atom. The lowest BCUT2D eigenvalue weighted by molar-refractivity contribution is 0.617. The molecule has 0 aliphatic heterocycles. The molecule has 0 spiro atoms. The molecule has 0 amide bonds. The molecule has 0 N–H and O–H groups in total. The second kappa shape index (κ2) is 12.3. The van der Waals surface area contributed by atoms with Crippen molar-refractivity contribution in [3.8, 4) is 33.7 Å². The van der Waals surface area contributed by atoms with Crippen LogP contribution in [-0.4, -0.2) is 4.98 Å². The quantitative estimate of drug-likeness (QED) is 0.172. The van der Waals surface area contributed by atoms with Crippen molar-refractivity contribution in [3.63, 3.8) is 0 Å². The molecule has 4 nitrogen and oxygen atoms in total. The van der Waals surface area contributed by atoms with Crippen molar-refractivity contribution in [1.29, 1.82) is 0 Å². The van der Waals surface area contributed by atoms with Gasteiger partial charge < -0.3 is 13.7 Å². The van der Waals surface area contributed by atoms with E-state index in [4.69, 9.17) is 13.8 Å². The average Bonchev–Trinajstić information content (AvgIpc) is 3.94. The van der Waals surface area contributed by atoms with E-state index >= 15 is 0 Å². The first kappa shape index (κ1) is 30.7. The van der Waals surface area contributed by atoms with Crippen LogP contribution in [-0.2, 0) is 0 Å². The molecule has 0 radical (unpaired) electrons. The highest BCUT2D eigenvalue weighted by Crippen LogP contribution is 2.45. The van der Waals surface area contributed by atoms with Gasteiger partial charge in [0, 0.05) is 53.9 Å². The standard InChI is InChI=1S/C49H30N2O2S/c1-3-11-31(12-4-1)32-21-25-35(26-22-32)51(36-27-23-33(24-28-36)37-16-10-20-46-47(37)39-15-7-8-19-45(39)54-46)42-18-9-17-38-40-29-41-44(30-43(40)52-48(38)42)53-49(50-41)34-13-5-2-6-14-34/h1-30H. The number of benzene rings is 8. The summed E-state index contributed by atoms with van der Waals surface area (Å²) in [6.07, 6.45) is 0. The highest BCUT2D eigenvalue weighted by molar-refractivity contribution is 7.25. The molecule has 8 aromatic carbocycles. The number of nitrogens with zero attached hydrogens (tertiary/aromatic N) is 2. The monoisotopic (exact) mass is 710 g/mol. The Bertz CT molecular complexity index is 3140. The molecule has 3 heterocycles. The molecule has 54 heavy (non-hydrogen) atoms. The molecule has 3 aromatic heterocycles. The van der Waals surface area contributed by atoms with Crippen molar-refractivity contribution >= 4 is 81.6 Å². The van der Waals surface area contributed by atoms with E-state index in [1.807, 2.05) is 53.8 Å². The normalized spacial score (nSPS) is 11.7. The lowest BCUT2D eigenvalue weighted by Crippen LogP contribution is -2.10. The molecule has 0 aliphatic rings. The summed E-state index contributed by atoms with van der Waals surface area (Å²) >= 11 is 1.85. The number of oxazole rings is 1. The van der Waals surface area contributed by atoms with Crippen LogP contribution in [0.3, 0.4) is 0 Å². The van der Waals surface area contributed by atoms with E-state index in [-0.39, 0.29) is 0 Å². The number of hydrogen-bond donors (Lipinski definition) is 0. The summed E-state index contributed by atoms with van der Waals surface area (Å²) in [6, 6.07) is 63.9. The fourth-order valence-corrected chi connectivity index (χ4v) is 8.88. The van der Waals surface area contributed by atoms with Gasteiger partial charge >= 0.3 is 0 Å². The van der Waals surface area contributed by atoms with Gasteiger partial charge in [0.05, 0.1) is 5.69 Å². The maximum atomic E-state index is 6.77. The van der Waals surface area contributed by atoms with Crippen LogP contribution >= 0.6 is 11.3 Å².